The highest BCUT2D eigenvalue weighted by molar-refractivity contribution is 7.87. The maximum atomic E-state index is 10.9. The zero-order valence-corrected chi connectivity index (χ0v) is 10.6. The third-order valence-electron chi connectivity index (χ3n) is 2.87. The summed E-state index contributed by atoms with van der Waals surface area (Å²) in [6, 6.07) is 5.20. The number of hydrogen-bond acceptors (Lipinski definition) is 5. The summed E-state index contributed by atoms with van der Waals surface area (Å²) in [5.74, 6) is 1.24. The Morgan fingerprint density at radius 2 is 2.00 bits per heavy atom. The molecule has 100 valence electrons. The lowest BCUT2D eigenvalue weighted by molar-refractivity contribution is 0.123. The van der Waals surface area contributed by atoms with Crippen molar-refractivity contribution in [2.24, 2.45) is 0 Å². The number of ether oxygens (including phenoxy) is 2. The molecule has 2 rings (SSSR count). The van der Waals surface area contributed by atoms with Crippen molar-refractivity contribution in [2.75, 3.05) is 6.79 Å². The van der Waals surface area contributed by atoms with Crippen LogP contribution in [0.2, 0.25) is 0 Å². The molecule has 1 aliphatic rings. The van der Waals surface area contributed by atoms with Crippen molar-refractivity contribution >= 4 is 10.1 Å². The van der Waals surface area contributed by atoms with Crippen LogP contribution in [-0.2, 0) is 16.5 Å². The van der Waals surface area contributed by atoms with E-state index in [1.54, 1.807) is 18.2 Å². The Hall–Kier alpha value is -1.31. The Morgan fingerprint density at radius 3 is 2.67 bits per heavy atom. The monoisotopic (exact) mass is 274 g/mol. The Labute approximate surface area is 105 Å². The summed E-state index contributed by atoms with van der Waals surface area (Å²) in [6.07, 6.45) is 0.189. The predicted molar refractivity (Wildman–Crippen MR) is 63.1 cm³/mol. The molecule has 0 saturated carbocycles. The number of benzene rings is 1. The predicted octanol–water partition coefficient (Wildman–Crippen LogP) is 0.944. The zero-order chi connectivity index (χ0) is 13.4. The summed E-state index contributed by atoms with van der Waals surface area (Å²) in [6.45, 7) is 1.23. The summed E-state index contributed by atoms with van der Waals surface area (Å²) in [7, 11) is -4.48. The van der Waals surface area contributed by atoms with Gasteiger partial charge in [0.15, 0.2) is 16.4 Å². The molecule has 1 aromatic rings. The Bertz CT molecular complexity index is 549. The van der Waals surface area contributed by atoms with Crippen LogP contribution < -0.4 is 9.47 Å². The molecule has 1 unspecified atom stereocenters. The minimum atomic E-state index is -4.48. The molecule has 0 fully saturated rings. The van der Waals surface area contributed by atoms with Gasteiger partial charge in [0, 0.05) is 0 Å². The standard InChI is InChI=1S/C11H14O6S/c1-11(12,18(13,14)15)5-4-8-2-3-9-10(6-8)17-7-16-9/h2-3,6,12H,4-5,7H2,1H3,(H,13,14,15). The maximum Gasteiger partial charge on any atom is 0.294 e. The first-order valence-electron chi connectivity index (χ1n) is 5.37. The van der Waals surface area contributed by atoms with E-state index < -0.39 is 15.1 Å². The van der Waals surface area contributed by atoms with Crippen molar-refractivity contribution in [3.63, 3.8) is 0 Å². The van der Waals surface area contributed by atoms with Gasteiger partial charge in [0.25, 0.3) is 10.1 Å². The lowest BCUT2D eigenvalue weighted by atomic mass is 10.1. The van der Waals surface area contributed by atoms with E-state index in [0.29, 0.717) is 17.9 Å². The summed E-state index contributed by atoms with van der Waals surface area (Å²) >= 11 is 0. The van der Waals surface area contributed by atoms with Crippen LogP contribution in [0.25, 0.3) is 0 Å². The summed E-state index contributed by atoms with van der Waals surface area (Å²) in [4.78, 5) is -2.15. The van der Waals surface area contributed by atoms with Gasteiger partial charge in [0.05, 0.1) is 0 Å². The van der Waals surface area contributed by atoms with Crippen molar-refractivity contribution in [3.8, 4) is 11.5 Å². The van der Waals surface area contributed by atoms with Crippen LogP contribution in [0.4, 0.5) is 0 Å². The third-order valence-corrected chi connectivity index (χ3v) is 4.19. The molecule has 0 amide bonds. The largest absolute Gasteiger partial charge is 0.454 e. The topological polar surface area (TPSA) is 93.1 Å². The Balaban J connectivity index is 2.07. The smallest absolute Gasteiger partial charge is 0.294 e. The number of hydrogen-bond donors (Lipinski definition) is 2. The van der Waals surface area contributed by atoms with E-state index in [9.17, 15) is 13.5 Å². The van der Waals surface area contributed by atoms with E-state index in [1.807, 2.05) is 0 Å². The van der Waals surface area contributed by atoms with Gasteiger partial charge in [-0.2, -0.15) is 8.42 Å². The molecule has 0 radical (unpaired) electrons. The molecule has 7 heteroatoms. The van der Waals surface area contributed by atoms with Crippen molar-refractivity contribution in [2.45, 2.75) is 24.7 Å². The molecule has 0 bridgehead atoms. The quantitative estimate of drug-likeness (QED) is 0.794. The molecule has 1 heterocycles. The van der Waals surface area contributed by atoms with Crippen LogP contribution in [0, 0.1) is 0 Å². The molecule has 2 N–H and O–H groups in total. The summed E-state index contributed by atoms with van der Waals surface area (Å²) < 4.78 is 41.0. The van der Waals surface area contributed by atoms with Gasteiger partial charge < -0.3 is 14.6 Å². The second-order valence-corrected chi connectivity index (χ2v) is 6.17. The van der Waals surface area contributed by atoms with Crippen molar-refractivity contribution in [1.29, 1.82) is 0 Å². The van der Waals surface area contributed by atoms with Crippen LogP contribution in [0.15, 0.2) is 18.2 Å². The lowest BCUT2D eigenvalue weighted by Gasteiger charge is -2.19. The Kier molecular flexibility index (Phi) is 3.22. The van der Waals surface area contributed by atoms with Gasteiger partial charge in [0.1, 0.15) is 0 Å². The van der Waals surface area contributed by atoms with E-state index in [2.05, 4.69) is 0 Å². The fourth-order valence-corrected chi connectivity index (χ4v) is 1.96. The van der Waals surface area contributed by atoms with Gasteiger partial charge in [-0.05, 0) is 37.5 Å². The van der Waals surface area contributed by atoms with Gasteiger partial charge in [-0.3, -0.25) is 4.55 Å². The molecule has 1 aromatic carbocycles. The van der Waals surface area contributed by atoms with Crippen molar-refractivity contribution in [1.82, 2.24) is 0 Å². The highest BCUT2D eigenvalue weighted by Gasteiger charge is 2.34. The number of aryl methyl sites for hydroxylation is 1. The normalized spacial score (nSPS) is 17.5. The van der Waals surface area contributed by atoms with Gasteiger partial charge in [0.2, 0.25) is 6.79 Å². The van der Waals surface area contributed by atoms with E-state index in [1.165, 1.54) is 0 Å². The van der Waals surface area contributed by atoms with Crippen LogP contribution in [0.3, 0.4) is 0 Å². The van der Waals surface area contributed by atoms with Crippen LogP contribution >= 0.6 is 0 Å². The van der Waals surface area contributed by atoms with E-state index in [4.69, 9.17) is 14.0 Å². The fourth-order valence-electron chi connectivity index (χ4n) is 1.60. The fraction of sp³-hybridized carbons (Fsp3) is 0.455. The summed E-state index contributed by atoms with van der Waals surface area (Å²) in [5, 5.41) is 9.61. The van der Waals surface area contributed by atoms with Crippen LogP contribution in [-0.4, -0.2) is 29.8 Å². The maximum absolute atomic E-state index is 10.9. The molecule has 0 aliphatic carbocycles. The molecular weight excluding hydrogens is 260 g/mol. The Morgan fingerprint density at radius 1 is 1.33 bits per heavy atom. The third kappa shape index (κ3) is 2.58. The van der Waals surface area contributed by atoms with Gasteiger partial charge >= 0.3 is 0 Å². The van der Waals surface area contributed by atoms with Gasteiger partial charge in [-0.15, -0.1) is 0 Å². The molecule has 1 atom stereocenters. The van der Waals surface area contributed by atoms with E-state index >= 15 is 0 Å². The molecule has 1 aliphatic heterocycles. The number of aliphatic hydroxyl groups is 1. The first kappa shape index (κ1) is 13.1. The minimum Gasteiger partial charge on any atom is -0.454 e. The number of fused-ring (bicyclic) bond motifs is 1. The SMILES string of the molecule is CC(O)(CCc1ccc2c(c1)OCO2)S(=O)(=O)O. The van der Waals surface area contributed by atoms with E-state index in [-0.39, 0.29) is 13.2 Å². The second-order valence-electron chi connectivity index (χ2n) is 4.34. The number of rotatable bonds is 4. The molecule has 0 spiro atoms. The average Bonchev–Trinajstić information content (AvgIpc) is 2.71. The van der Waals surface area contributed by atoms with Crippen molar-refractivity contribution in [3.05, 3.63) is 23.8 Å². The molecular formula is C11H14O6S. The van der Waals surface area contributed by atoms with Gasteiger partial charge in [-0.25, -0.2) is 0 Å². The summed E-state index contributed by atoms with van der Waals surface area (Å²) in [5.41, 5.74) is 0.795. The second kappa shape index (κ2) is 4.42. The van der Waals surface area contributed by atoms with Crippen molar-refractivity contribution < 1.29 is 27.6 Å². The first-order valence-corrected chi connectivity index (χ1v) is 6.81. The molecule has 6 nitrogen and oxygen atoms in total. The highest BCUT2D eigenvalue weighted by atomic mass is 32.2. The van der Waals surface area contributed by atoms with Crippen LogP contribution in [0.1, 0.15) is 18.9 Å². The zero-order valence-electron chi connectivity index (χ0n) is 9.79. The lowest BCUT2D eigenvalue weighted by Crippen LogP contribution is -2.35. The van der Waals surface area contributed by atoms with E-state index in [0.717, 1.165) is 12.5 Å². The molecule has 18 heavy (non-hydrogen) atoms. The molecule has 0 aromatic heterocycles. The average molecular weight is 274 g/mol. The van der Waals surface area contributed by atoms with Gasteiger partial charge in [-0.1, -0.05) is 6.07 Å². The van der Waals surface area contributed by atoms with Crippen LogP contribution in [0.5, 0.6) is 11.5 Å². The molecule has 0 saturated heterocycles. The first-order chi connectivity index (χ1) is 8.29. The highest BCUT2D eigenvalue weighted by Crippen LogP contribution is 2.33. The minimum absolute atomic E-state index is 0.106.